The molecule has 0 atom stereocenters. The molecule has 6 aromatic heterocycles. The van der Waals surface area contributed by atoms with Crippen LogP contribution in [0.1, 0.15) is 11.4 Å². The van der Waals surface area contributed by atoms with Gasteiger partial charge in [0.05, 0.1) is 33.5 Å². The van der Waals surface area contributed by atoms with Crippen molar-refractivity contribution >= 4 is 135 Å². The molecular weight excluding hydrogens is 885 g/mol. The van der Waals surface area contributed by atoms with Crippen LogP contribution in [0.25, 0.3) is 88.7 Å². The molecule has 8 nitrogen and oxygen atoms in total. The van der Waals surface area contributed by atoms with Gasteiger partial charge >= 0.3 is 17.1 Å². The standard InChI is InChI=1S/2C20H13N4.2CHCl3.Fe/c2*1-12-6-7-13-8-9-14-10-11-17(22-19(14)18(13)21-12)20-23-15-4-2-3-5-16(15)24-20;2*2-1(3)4;/h2*2-11H,1H3;2*1H;/q2*-1;;;+2. The number of aryl methyl sites for hydroxylation is 2. The summed E-state index contributed by atoms with van der Waals surface area (Å²) in [5, 5.41) is 4.32. The normalized spacial score (nSPS) is 11.0. The molecule has 15 heteroatoms. The SMILES string of the molecule is Cc1ccc2ccc3ccc(-c4nc5ccccc5[n-]4)nc3c2n1.Cc1ccc2ccc3ccc(-c4nc5ccccc5[n-]4)nc3c2n1.ClC(Cl)Cl.ClC(Cl)Cl.[Fe+2]. The molecule has 0 aliphatic heterocycles. The fraction of sp³-hybridized carbons (Fsp3) is 0.0952. The van der Waals surface area contributed by atoms with Crippen LogP contribution in [0.3, 0.4) is 0 Å². The second-order valence-corrected chi connectivity index (χ2v) is 16.2. The van der Waals surface area contributed by atoms with Gasteiger partial charge in [0.25, 0.3) is 0 Å². The van der Waals surface area contributed by atoms with Crippen LogP contribution in [0.5, 0.6) is 0 Å². The summed E-state index contributed by atoms with van der Waals surface area (Å²) < 4.78 is -1.50. The zero-order valence-corrected chi connectivity index (χ0v) is 35.5. The van der Waals surface area contributed by atoms with E-state index in [1.165, 1.54) is 0 Å². The molecule has 0 aliphatic carbocycles. The van der Waals surface area contributed by atoms with Crippen molar-refractivity contribution in [1.29, 1.82) is 0 Å². The van der Waals surface area contributed by atoms with Crippen LogP contribution >= 0.6 is 69.6 Å². The quantitative estimate of drug-likeness (QED) is 0.0959. The van der Waals surface area contributed by atoms with Crippen molar-refractivity contribution in [3.8, 4) is 23.0 Å². The number of para-hydroxylation sites is 4. The van der Waals surface area contributed by atoms with E-state index in [0.29, 0.717) is 11.6 Å². The van der Waals surface area contributed by atoms with E-state index in [4.69, 9.17) is 79.6 Å². The second-order valence-electron chi connectivity index (χ2n) is 12.3. The first-order chi connectivity index (χ1) is 27.0. The maximum atomic E-state index is 4.82. The summed E-state index contributed by atoms with van der Waals surface area (Å²) in [5.74, 6) is 1.31. The molecule has 0 N–H and O–H groups in total. The van der Waals surface area contributed by atoms with Crippen molar-refractivity contribution in [3.63, 3.8) is 0 Å². The van der Waals surface area contributed by atoms with Gasteiger partial charge in [0.15, 0.2) is 8.59 Å². The van der Waals surface area contributed by atoms with Gasteiger partial charge in [-0.3, -0.25) is 9.97 Å². The third kappa shape index (κ3) is 10.2. The first kappa shape index (κ1) is 42.3. The molecular formula is C42H28Cl6FeN8. The van der Waals surface area contributed by atoms with Gasteiger partial charge in [-0.2, -0.15) is 0 Å². The van der Waals surface area contributed by atoms with Gasteiger partial charge in [-0.1, -0.05) is 167 Å². The molecule has 286 valence electrons. The molecule has 0 unspecified atom stereocenters. The van der Waals surface area contributed by atoms with Crippen LogP contribution in [0.4, 0.5) is 0 Å². The maximum Gasteiger partial charge on any atom is 2.00 e. The van der Waals surface area contributed by atoms with Crippen molar-refractivity contribution in [2.75, 3.05) is 0 Å². The van der Waals surface area contributed by atoms with Crippen molar-refractivity contribution in [3.05, 3.63) is 133 Å². The van der Waals surface area contributed by atoms with Gasteiger partial charge in [0.1, 0.15) is 0 Å². The van der Waals surface area contributed by atoms with Gasteiger partial charge < -0.3 is 19.9 Å². The molecule has 0 saturated carbocycles. The van der Waals surface area contributed by atoms with Crippen LogP contribution in [-0.4, -0.2) is 38.5 Å². The molecule has 0 bridgehead atoms. The first-order valence-electron chi connectivity index (χ1n) is 17.0. The molecule has 0 radical (unpaired) electrons. The summed E-state index contributed by atoms with van der Waals surface area (Å²) in [6.07, 6.45) is 0. The fourth-order valence-electron chi connectivity index (χ4n) is 6.02. The zero-order valence-electron chi connectivity index (χ0n) is 29.9. The average Bonchev–Trinajstić information content (AvgIpc) is 3.82. The monoisotopic (exact) mass is 910 g/mol. The smallest absolute Gasteiger partial charge is 0.434 e. The van der Waals surface area contributed by atoms with Gasteiger partial charge in [-0.15, -0.1) is 0 Å². The van der Waals surface area contributed by atoms with Crippen molar-refractivity contribution in [2.45, 2.75) is 22.4 Å². The number of nitrogens with zero attached hydrogens (tertiary/aromatic N) is 8. The Labute approximate surface area is 367 Å². The zero-order chi connectivity index (χ0) is 39.3. The predicted molar refractivity (Wildman–Crippen MR) is 234 cm³/mol. The minimum absolute atomic E-state index is 0. The molecule has 10 rings (SSSR count). The summed E-state index contributed by atoms with van der Waals surface area (Å²) in [5.41, 5.74) is 10.7. The van der Waals surface area contributed by atoms with Crippen molar-refractivity contribution in [2.24, 2.45) is 0 Å². The molecule has 4 aromatic carbocycles. The Kier molecular flexibility index (Phi) is 14.1. The summed E-state index contributed by atoms with van der Waals surface area (Å²) >= 11 is 28.8. The first-order valence-corrected chi connectivity index (χ1v) is 19.6. The number of halogens is 6. The summed E-state index contributed by atoms with van der Waals surface area (Å²) in [6, 6.07) is 40.3. The minimum Gasteiger partial charge on any atom is -0.434 e. The number of imidazole rings is 2. The molecule has 0 fully saturated rings. The molecule has 0 spiro atoms. The third-order valence-electron chi connectivity index (χ3n) is 8.44. The minimum atomic E-state index is -0.750. The van der Waals surface area contributed by atoms with E-state index < -0.39 is 8.59 Å². The van der Waals surface area contributed by atoms with Gasteiger partial charge in [0.2, 0.25) is 0 Å². The van der Waals surface area contributed by atoms with Crippen LogP contribution in [0.15, 0.2) is 121 Å². The Bertz CT molecular complexity index is 2700. The average molecular weight is 913 g/mol. The molecule has 0 amide bonds. The predicted octanol–water partition coefficient (Wildman–Crippen LogP) is 12.5. The number of hydrogen-bond donors (Lipinski definition) is 0. The number of rotatable bonds is 2. The van der Waals surface area contributed by atoms with E-state index >= 15 is 0 Å². The number of aromatic nitrogens is 8. The largest absolute Gasteiger partial charge is 2.00 e. The van der Waals surface area contributed by atoms with Crippen LogP contribution in [-0.2, 0) is 17.1 Å². The Hall–Kier alpha value is -4.28. The Morgan fingerprint density at radius 2 is 0.684 bits per heavy atom. The number of alkyl halides is 6. The van der Waals surface area contributed by atoms with Crippen LogP contribution < -0.4 is 9.97 Å². The maximum absolute atomic E-state index is 4.82. The Balaban J connectivity index is 0.000000160. The third-order valence-corrected chi connectivity index (χ3v) is 8.44. The van der Waals surface area contributed by atoms with E-state index in [-0.39, 0.29) is 17.1 Å². The topological polar surface area (TPSA) is 106 Å². The molecule has 6 heterocycles. The van der Waals surface area contributed by atoms with Crippen LogP contribution in [0, 0.1) is 13.8 Å². The number of benzene rings is 4. The van der Waals surface area contributed by atoms with Crippen molar-refractivity contribution < 1.29 is 17.1 Å². The fourth-order valence-corrected chi connectivity index (χ4v) is 6.02. The molecule has 0 saturated heterocycles. The Morgan fingerprint density at radius 3 is 1.04 bits per heavy atom. The van der Waals surface area contributed by atoms with E-state index in [0.717, 1.165) is 88.5 Å². The number of hydrogen-bond acceptors (Lipinski definition) is 6. The molecule has 0 aliphatic rings. The van der Waals surface area contributed by atoms with Gasteiger partial charge in [-0.25, -0.2) is 9.97 Å². The van der Waals surface area contributed by atoms with Gasteiger partial charge in [-0.05, 0) is 71.8 Å². The van der Waals surface area contributed by atoms with E-state index in [1.54, 1.807) is 0 Å². The summed E-state index contributed by atoms with van der Waals surface area (Å²) in [6.45, 7) is 3.99. The molecule has 57 heavy (non-hydrogen) atoms. The second kappa shape index (κ2) is 19.0. The van der Waals surface area contributed by atoms with E-state index in [9.17, 15) is 0 Å². The van der Waals surface area contributed by atoms with Crippen molar-refractivity contribution in [1.82, 2.24) is 39.9 Å². The number of fused-ring (bicyclic) bond motifs is 8. The van der Waals surface area contributed by atoms with E-state index in [2.05, 4.69) is 78.4 Å². The van der Waals surface area contributed by atoms with E-state index in [1.807, 2.05) is 86.6 Å². The Morgan fingerprint density at radius 1 is 0.386 bits per heavy atom. The van der Waals surface area contributed by atoms with Crippen LogP contribution in [0.2, 0.25) is 0 Å². The molecule has 10 aromatic rings. The van der Waals surface area contributed by atoms with Gasteiger partial charge in [0, 0.05) is 32.9 Å². The number of pyridine rings is 4. The summed E-state index contributed by atoms with van der Waals surface area (Å²) in [7, 11) is 0. The summed E-state index contributed by atoms with van der Waals surface area (Å²) in [4.78, 5) is 37.4.